The molecule has 9 heteroatoms. The summed E-state index contributed by atoms with van der Waals surface area (Å²) in [5.41, 5.74) is 0. The molecule has 0 radical (unpaired) electrons. The zero-order chi connectivity index (χ0) is 21.8. The molecule has 1 fully saturated rings. The molecule has 2 amide bonds. The molecule has 31 heavy (non-hydrogen) atoms. The minimum Gasteiger partial charge on any atom is -0.381 e. The average molecular weight is 444 g/mol. The van der Waals surface area contributed by atoms with E-state index in [9.17, 15) is 9.59 Å². The molecule has 0 bridgehead atoms. The van der Waals surface area contributed by atoms with Gasteiger partial charge >= 0.3 is 0 Å². The van der Waals surface area contributed by atoms with Crippen molar-refractivity contribution < 1.29 is 14.3 Å². The van der Waals surface area contributed by atoms with Crippen LogP contribution in [0.1, 0.15) is 42.8 Å². The molecule has 2 aliphatic heterocycles. The second-order valence-electron chi connectivity index (χ2n) is 8.34. The summed E-state index contributed by atoms with van der Waals surface area (Å²) in [7, 11) is 0. The summed E-state index contributed by atoms with van der Waals surface area (Å²) in [6.45, 7) is 7.05. The predicted octanol–water partition coefficient (Wildman–Crippen LogP) is 2.29. The van der Waals surface area contributed by atoms with Crippen LogP contribution in [0, 0.1) is 11.8 Å². The summed E-state index contributed by atoms with van der Waals surface area (Å²) >= 11 is 1.61. The van der Waals surface area contributed by atoms with E-state index in [0.29, 0.717) is 39.3 Å². The Kier molecular flexibility index (Phi) is 6.82. The molecule has 0 saturated carbocycles. The Morgan fingerprint density at radius 1 is 1.29 bits per heavy atom. The maximum Gasteiger partial charge on any atom is 0.246 e. The molecule has 2 aliphatic rings. The predicted molar refractivity (Wildman–Crippen MR) is 118 cm³/mol. The number of amides is 2. The highest BCUT2D eigenvalue weighted by Crippen LogP contribution is 2.24. The number of thiophene rings is 1. The zero-order valence-corrected chi connectivity index (χ0v) is 18.8. The second-order valence-corrected chi connectivity index (χ2v) is 9.32. The van der Waals surface area contributed by atoms with Crippen molar-refractivity contribution in [1.82, 2.24) is 25.0 Å². The van der Waals surface area contributed by atoms with E-state index in [1.165, 1.54) is 0 Å². The highest BCUT2D eigenvalue weighted by molar-refractivity contribution is 7.10. The topological polar surface area (TPSA) is 89.3 Å². The van der Waals surface area contributed by atoms with Gasteiger partial charge in [0, 0.05) is 43.6 Å². The third kappa shape index (κ3) is 5.04. The van der Waals surface area contributed by atoms with Gasteiger partial charge in [0.2, 0.25) is 11.8 Å². The largest absolute Gasteiger partial charge is 0.381 e. The van der Waals surface area contributed by atoms with Gasteiger partial charge in [-0.15, -0.1) is 21.5 Å². The molecule has 2 atom stereocenters. The molecule has 8 nitrogen and oxygen atoms in total. The fourth-order valence-electron chi connectivity index (χ4n) is 3.98. The number of carbonyl (C=O) groups excluding carboxylic acids is 2. The van der Waals surface area contributed by atoms with Crippen molar-refractivity contribution in [2.24, 2.45) is 11.8 Å². The number of nitrogens with zero attached hydrogens (tertiary/aromatic N) is 4. The lowest BCUT2D eigenvalue weighted by molar-refractivity contribution is -0.126. The number of ether oxygens (including phenoxy) is 1. The van der Waals surface area contributed by atoms with E-state index in [0.717, 1.165) is 22.9 Å². The summed E-state index contributed by atoms with van der Waals surface area (Å²) in [4.78, 5) is 28.3. The van der Waals surface area contributed by atoms with Gasteiger partial charge in [0.25, 0.3) is 0 Å². The van der Waals surface area contributed by atoms with Gasteiger partial charge in [0.1, 0.15) is 5.82 Å². The third-order valence-corrected chi connectivity index (χ3v) is 6.68. The van der Waals surface area contributed by atoms with Crippen molar-refractivity contribution >= 4 is 29.2 Å². The molecule has 4 rings (SSSR count). The Balaban J connectivity index is 1.44. The fourth-order valence-corrected chi connectivity index (χ4v) is 4.60. The van der Waals surface area contributed by atoms with E-state index in [1.807, 2.05) is 28.5 Å². The van der Waals surface area contributed by atoms with Crippen LogP contribution in [-0.2, 0) is 27.3 Å². The molecule has 1 N–H and O–H groups in total. The Morgan fingerprint density at radius 2 is 2.16 bits per heavy atom. The molecule has 2 aromatic rings. The SMILES string of the molecule is CC(C)[C@@H](NC(=O)[C@H]1CCOC1)c1nnc2n1CCN(C(=O)/C=C/c1cccs1)CC2. The van der Waals surface area contributed by atoms with Gasteiger partial charge in [-0.05, 0) is 29.9 Å². The normalized spacial score (nSPS) is 20.1. The van der Waals surface area contributed by atoms with Crippen molar-refractivity contribution in [1.29, 1.82) is 0 Å². The van der Waals surface area contributed by atoms with E-state index < -0.39 is 0 Å². The van der Waals surface area contributed by atoms with E-state index in [1.54, 1.807) is 17.4 Å². The van der Waals surface area contributed by atoms with Gasteiger partial charge in [0.05, 0.1) is 18.6 Å². The number of nitrogens with one attached hydrogen (secondary N) is 1. The van der Waals surface area contributed by atoms with Gasteiger partial charge < -0.3 is 19.5 Å². The van der Waals surface area contributed by atoms with Crippen LogP contribution in [0.2, 0.25) is 0 Å². The number of carbonyl (C=O) groups is 2. The van der Waals surface area contributed by atoms with Crippen LogP contribution in [-0.4, -0.2) is 57.8 Å². The van der Waals surface area contributed by atoms with Crippen LogP contribution < -0.4 is 5.32 Å². The molecule has 0 spiro atoms. The lowest BCUT2D eigenvalue weighted by Crippen LogP contribution is -2.38. The van der Waals surface area contributed by atoms with Crippen LogP contribution in [0.4, 0.5) is 0 Å². The van der Waals surface area contributed by atoms with E-state index in [4.69, 9.17) is 4.74 Å². The second kappa shape index (κ2) is 9.74. The molecule has 0 aromatic carbocycles. The minimum absolute atomic E-state index is 0.00334. The number of rotatable bonds is 6. The molecule has 2 aromatic heterocycles. The standard InChI is InChI=1S/C22H29N5O3S/c1-15(2)20(23-22(29)16-8-12-30-14-16)21-25-24-18-7-9-26(10-11-27(18)21)19(28)6-5-17-4-3-13-31-17/h3-6,13,15-16,20H,7-12,14H2,1-2H3,(H,23,29)/b6-5+/t16-,20+/m0/s1. The summed E-state index contributed by atoms with van der Waals surface area (Å²) in [5, 5.41) is 14.0. The molecular formula is C22H29N5O3S. The van der Waals surface area contributed by atoms with Crippen LogP contribution in [0.25, 0.3) is 6.08 Å². The van der Waals surface area contributed by atoms with Crippen LogP contribution in [0.5, 0.6) is 0 Å². The van der Waals surface area contributed by atoms with E-state index in [2.05, 4.69) is 33.9 Å². The number of hydrogen-bond donors (Lipinski definition) is 1. The van der Waals surface area contributed by atoms with Gasteiger partial charge in [-0.25, -0.2) is 0 Å². The quantitative estimate of drug-likeness (QED) is 0.692. The molecule has 0 aliphatic carbocycles. The Hall–Kier alpha value is -2.52. The highest BCUT2D eigenvalue weighted by atomic mass is 32.1. The van der Waals surface area contributed by atoms with Crippen LogP contribution in [0.3, 0.4) is 0 Å². The Morgan fingerprint density at radius 3 is 2.87 bits per heavy atom. The first-order chi connectivity index (χ1) is 15.0. The smallest absolute Gasteiger partial charge is 0.246 e. The van der Waals surface area contributed by atoms with E-state index in [-0.39, 0.29) is 29.7 Å². The van der Waals surface area contributed by atoms with E-state index >= 15 is 0 Å². The number of fused-ring (bicyclic) bond motifs is 1. The highest BCUT2D eigenvalue weighted by Gasteiger charge is 2.31. The minimum atomic E-state index is -0.227. The number of hydrogen-bond acceptors (Lipinski definition) is 6. The average Bonchev–Trinajstić information content (AvgIpc) is 3.51. The fraction of sp³-hybridized carbons (Fsp3) is 0.545. The zero-order valence-electron chi connectivity index (χ0n) is 18.0. The Bertz CT molecular complexity index is 931. The summed E-state index contributed by atoms with van der Waals surface area (Å²) in [6, 6.07) is 3.73. The van der Waals surface area contributed by atoms with Crippen molar-refractivity contribution in [3.8, 4) is 0 Å². The van der Waals surface area contributed by atoms with Crippen LogP contribution in [0.15, 0.2) is 23.6 Å². The lowest BCUT2D eigenvalue weighted by Gasteiger charge is -2.24. The van der Waals surface area contributed by atoms with Gasteiger partial charge in [-0.3, -0.25) is 9.59 Å². The third-order valence-electron chi connectivity index (χ3n) is 5.84. The van der Waals surface area contributed by atoms with Crippen molar-refractivity contribution in [2.75, 3.05) is 26.3 Å². The first-order valence-corrected chi connectivity index (χ1v) is 11.7. The summed E-state index contributed by atoms with van der Waals surface area (Å²) in [6.07, 6.45) is 4.89. The number of aromatic nitrogens is 3. The maximum atomic E-state index is 12.7. The molecule has 4 heterocycles. The molecular weight excluding hydrogens is 414 g/mol. The van der Waals surface area contributed by atoms with Gasteiger partial charge in [-0.1, -0.05) is 19.9 Å². The van der Waals surface area contributed by atoms with Crippen molar-refractivity contribution in [2.45, 2.75) is 39.3 Å². The van der Waals surface area contributed by atoms with Gasteiger partial charge in [-0.2, -0.15) is 0 Å². The first-order valence-electron chi connectivity index (χ1n) is 10.8. The monoisotopic (exact) mass is 443 g/mol. The lowest BCUT2D eigenvalue weighted by atomic mass is 10.0. The van der Waals surface area contributed by atoms with Gasteiger partial charge in [0.15, 0.2) is 5.82 Å². The summed E-state index contributed by atoms with van der Waals surface area (Å²) < 4.78 is 7.44. The van der Waals surface area contributed by atoms with Crippen LogP contribution >= 0.6 is 11.3 Å². The molecule has 166 valence electrons. The summed E-state index contributed by atoms with van der Waals surface area (Å²) in [5.74, 6) is 1.70. The van der Waals surface area contributed by atoms with Crippen molar-refractivity contribution in [3.63, 3.8) is 0 Å². The first kappa shape index (κ1) is 21.7. The molecule has 1 saturated heterocycles. The molecule has 0 unspecified atom stereocenters. The van der Waals surface area contributed by atoms with Crippen molar-refractivity contribution in [3.05, 3.63) is 40.1 Å². The Labute approximate surface area is 186 Å². The maximum absolute atomic E-state index is 12.7.